The Balaban J connectivity index is 2.13. The summed E-state index contributed by atoms with van der Waals surface area (Å²) in [5.74, 6) is 0. The summed E-state index contributed by atoms with van der Waals surface area (Å²) in [4.78, 5) is 2.58. The highest BCUT2D eigenvalue weighted by Crippen LogP contribution is 2.40. The highest BCUT2D eigenvalue weighted by Gasteiger charge is 2.39. The molecule has 2 aromatic rings. The van der Waals surface area contributed by atoms with E-state index in [4.69, 9.17) is 0 Å². The second kappa shape index (κ2) is 7.08. The van der Waals surface area contributed by atoms with E-state index in [1.807, 2.05) is 0 Å². The van der Waals surface area contributed by atoms with Gasteiger partial charge in [-0.15, -0.1) is 0 Å². The molecular formula is C20H25NO. The van der Waals surface area contributed by atoms with E-state index in [-0.39, 0.29) is 12.1 Å². The number of nitrogens with zero attached hydrogens (tertiary/aromatic N) is 1. The van der Waals surface area contributed by atoms with Crippen LogP contribution in [-0.4, -0.2) is 29.7 Å². The van der Waals surface area contributed by atoms with E-state index in [0.29, 0.717) is 0 Å². The van der Waals surface area contributed by atoms with E-state index in [9.17, 15) is 5.11 Å². The zero-order chi connectivity index (χ0) is 15.3. The van der Waals surface area contributed by atoms with Gasteiger partial charge in [0.2, 0.25) is 0 Å². The molecule has 0 aromatic heterocycles. The molecule has 0 saturated carbocycles. The quantitative estimate of drug-likeness (QED) is 0.907. The molecule has 1 saturated heterocycles. The lowest BCUT2D eigenvalue weighted by atomic mass is 9.77. The molecule has 2 aromatic carbocycles. The second-order valence-corrected chi connectivity index (χ2v) is 6.11. The van der Waals surface area contributed by atoms with E-state index >= 15 is 0 Å². The normalized spacial score (nSPS) is 16.6. The first-order valence-corrected chi connectivity index (χ1v) is 8.35. The lowest BCUT2D eigenvalue weighted by Gasteiger charge is -2.47. The summed E-state index contributed by atoms with van der Waals surface area (Å²) in [5.41, 5.74) is 2.37. The number of benzene rings is 2. The fraction of sp³-hybridized carbons (Fsp3) is 0.400. The molecule has 1 aliphatic rings. The topological polar surface area (TPSA) is 23.5 Å². The van der Waals surface area contributed by atoms with Gasteiger partial charge in [-0.2, -0.15) is 0 Å². The Bertz CT molecular complexity index is 521. The number of hydrogen-bond donors (Lipinski definition) is 1. The number of aliphatic hydroxyl groups is 1. The van der Waals surface area contributed by atoms with Crippen molar-refractivity contribution >= 4 is 0 Å². The Morgan fingerprint density at radius 2 is 1.27 bits per heavy atom. The number of rotatable bonds is 5. The lowest BCUT2D eigenvalue weighted by Crippen LogP contribution is -2.50. The molecule has 2 heteroatoms. The average molecular weight is 295 g/mol. The number of aliphatic hydroxyl groups excluding tert-OH is 1. The van der Waals surface area contributed by atoms with Crippen LogP contribution >= 0.6 is 0 Å². The Hall–Kier alpha value is -1.64. The van der Waals surface area contributed by atoms with Gasteiger partial charge in [0, 0.05) is 6.61 Å². The molecule has 0 atom stereocenters. The van der Waals surface area contributed by atoms with Crippen LogP contribution in [0.1, 0.15) is 36.8 Å². The van der Waals surface area contributed by atoms with Crippen LogP contribution in [0.25, 0.3) is 0 Å². The molecule has 1 heterocycles. The van der Waals surface area contributed by atoms with Gasteiger partial charge in [0.05, 0.1) is 5.54 Å². The van der Waals surface area contributed by atoms with Crippen molar-refractivity contribution < 1.29 is 5.11 Å². The molecule has 0 spiro atoms. The molecule has 1 aliphatic heterocycles. The van der Waals surface area contributed by atoms with Crippen LogP contribution in [0.15, 0.2) is 60.7 Å². The van der Waals surface area contributed by atoms with E-state index < -0.39 is 0 Å². The molecule has 3 rings (SSSR count). The van der Waals surface area contributed by atoms with Gasteiger partial charge in [0.1, 0.15) is 0 Å². The van der Waals surface area contributed by atoms with Crippen LogP contribution in [0.3, 0.4) is 0 Å². The summed E-state index contributed by atoms with van der Waals surface area (Å²) in [7, 11) is 0. The minimum atomic E-state index is -0.211. The third kappa shape index (κ3) is 2.81. The first kappa shape index (κ1) is 15.3. The monoisotopic (exact) mass is 295 g/mol. The third-order valence-electron chi connectivity index (χ3n) is 4.87. The van der Waals surface area contributed by atoms with Gasteiger partial charge in [-0.25, -0.2) is 0 Å². The molecule has 0 unspecified atom stereocenters. The smallest absolute Gasteiger partial charge is 0.0737 e. The van der Waals surface area contributed by atoms with Gasteiger partial charge in [-0.1, -0.05) is 67.1 Å². The van der Waals surface area contributed by atoms with Crippen LogP contribution in [-0.2, 0) is 5.54 Å². The summed E-state index contributed by atoms with van der Waals surface area (Å²) >= 11 is 0. The van der Waals surface area contributed by atoms with E-state index in [1.54, 1.807) is 0 Å². The summed E-state index contributed by atoms with van der Waals surface area (Å²) in [5, 5.41) is 9.83. The summed E-state index contributed by atoms with van der Waals surface area (Å²) in [6, 6.07) is 21.4. The second-order valence-electron chi connectivity index (χ2n) is 6.11. The molecular weight excluding hydrogens is 270 g/mol. The Kier molecular flexibility index (Phi) is 4.91. The lowest BCUT2D eigenvalue weighted by molar-refractivity contribution is 0.0710. The molecule has 2 nitrogen and oxygen atoms in total. The van der Waals surface area contributed by atoms with Crippen molar-refractivity contribution in [1.29, 1.82) is 0 Å². The zero-order valence-corrected chi connectivity index (χ0v) is 13.1. The van der Waals surface area contributed by atoms with Crippen LogP contribution in [0.4, 0.5) is 0 Å². The summed E-state index contributed by atoms with van der Waals surface area (Å²) < 4.78 is 0. The average Bonchev–Trinajstić information content (AvgIpc) is 2.62. The van der Waals surface area contributed by atoms with Gasteiger partial charge in [0.25, 0.3) is 0 Å². The van der Waals surface area contributed by atoms with E-state index in [0.717, 1.165) is 19.5 Å². The molecule has 0 radical (unpaired) electrons. The van der Waals surface area contributed by atoms with Gasteiger partial charge < -0.3 is 5.11 Å². The van der Waals surface area contributed by atoms with Crippen molar-refractivity contribution in [2.45, 2.75) is 31.2 Å². The zero-order valence-electron chi connectivity index (χ0n) is 13.1. The van der Waals surface area contributed by atoms with Crippen molar-refractivity contribution in [1.82, 2.24) is 4.90 Å². The molecule has 1 N–H and O–H groups in total. The van der Waals surface area contributed by atoms with E-state index in [2.05, 4.69) is 65.6 Å². The first-order valence-electron chi connectivity index (χ1n) is 8.35. The van der Waals surface area contributed by atoms with Crippen molar-refractivity contribution in [2.75, 3.05) is 19.7 Å². The maximum atomic E-state index is 9.83. The summed E-state index contributed by atoms with van der Waals surface area (Å²) in [6.07, 6.45) is 4.54. The van der Waals surface area contributed by atoms with Crippen molar-refractivity contribution in [3.8, 4) is 0 Å². The maximum Gasteiger partial charge on any atom is 0.0737 e. The van der Waals surface area contributed by atoms with Gasteiger partial charge >= 0.3 is 0 Å². The van der Waals surface area contributed by atoms with E-state index in [1.165, 1.54) is 30.4 Å². The molecule has 116 valence electrons. The largest absolute Gasteiger partial charge is 0.396 e. The molecule has 0 bridgehead atoms. The number of likely N-dealkylation sites (tertiary alicyclic amines) is 1. The Labute approximate surface area is 133 Å². The van der Waals surface area contributed by atoms with Crippen molar-refractivity contribution in [2.24, 2.45) is 0 Å². The SMILES string of the molecule is OCCC(c1ccccc1)(c1ccccc1)N1CCCCC1. The van der Waals surface area contributed by atoms with Crippen LogP contribution in [0.2, 0.25) is 0 Å². The molecule has 0 aliphatic carbocycles. The predicted octanol–water partition coefficient (Wildman–Crippen LogP) is 3.80. The van der Waals surface area contributed by atoms with Gasteiger partial charge in [-0.05, 0) is 43.5 Å². The molecule has 0 amide bonds. The van der Waals surface area contributed by atoms with Crippen molar-refractivity contribution in [3.05, 3.63) is 71.8 Å². The minimum absolute atomic E-state index is 0.195. The summed E-state index contributed by atoms with van der Waals surface area (Å²) in [6.45, 7) is 2.40. The van der Waals surface area contributed by atoms with Crippen molar-refractivity contribution in [3.63, 3.8) is 0 Å². The first-order chi connectivity index (χ1) is 10.9. The Morgan fingerprint density at radius 1 is 0.773 bits per heavy atom. The number of piperidine rings is 1. The highest BCUT2D eigenvalue weighted by atomic mass is 16.3. The fourth-order valence-electron chi connectivity index (χ4n) is 3.84. The van der Waals surface area contributed by atoms with Crippen LogP contribution in [0, 0.1) is 0 Å². The standard InChI is InChI=1S/C20H25NO/c22-17-14-20(18-10-4-1-5-11-18,19-12-6-2-7-13-19)21-15-8-3-9-16-21/h1-2,4-7,10-13,22H,3,8-9,14-17H2. The maximum absolute atomic E-state index is 9.83. The van der Waals surface area contributed by atoms with Gasteiger partial charge in [0.15, 0.2) is 0 Å². The highest BCUT2D eigenvalue weighted by molar-refractivity contribution is 5.38. The van der Waals surface area contributed by atoms with Gasteiger partial charge in [-0.3, -0.25) is 4.90 Å². The van der Waals surface area contributed by atoms with Crippen LogP contribution < -0.4 is 0 Å². The number of hydrogen-bond acceptors (Lipinski definition) is 2. The fourth-order valence-corrected chi connectivity index (χ4v) is 3.84. The minimum Gasteiger partial charge on any atom is -0.396 e. The molecule has 22 heavy (non-hydrogen) atoms. The predicted molar refractivity (Wildman–Crippen MR) is 90.8 cm³/mol. The van der Waals surface area contributed by atoms with Crippen LogP contribution in [0.5, 0.6) is 0 Å². The third-order valence-corrected chi connectivity index (χ3v) is 4.87. The molecule has 1 fully saturated rings. The Morgan fingerprint density at radius 3 is 1.73 bits per heavy atom.